The van der Waals surface area contributed by atoms with Crippen LogP contribution in [0.1, 0.15) is 36.8 Å². The predicted octanol–water partition coefficient (Wildman–Crippen LogP) is 4.57. The van der Waals surface area contributed by atoms with Gasteiger partial charge in [-0.1, -0.05) is 40.9 Å². The van der Waals surface area contributed by atoms with Gasteiger partial charge in [0.2, 0.25) is 0 Å². The molecule has 2 aromatic rings. The molecule has 1 heterocycles. The van der Waals surface area contributed by atoms with Gasteiger partial charge in [-0.25, -0.2) is 9.18 Å². The highest BCUT2D eigenvalue weighted by atomic mass is 79.9. The van der Waals surface area contributed by atoms with E-state index in [1.807, 2.05) is 0 Å². The molecule has 2 aromatic carbocycles. The van der Waals surface area contributed by atoms with Gasteiger partial charge >= 0.3 is 6.03 Å². The summed E-state index contributed by atoms with van der Waals surface area (Å²) < 4.78 is 20.0. The van der Waals surface area contributed by atoms with E-state index in [4.69, 9.17) is 4.74 Å². The number of barbiturate groups is 1. The average molecular weight is 487 g/mol. The number of rotatable bonds is 5. The third kappa shape index (κ3) is 4.69. The van der Waals surface area contributed by atoms with Crippen LogP contribution in [0, 0.1) is 5.82 Å². The molecule has 0 aromatic heterocycles. The Morgan fingerprint density at radius 3 is 2.65 bits per heavy atom. The number of hydrogen-bond donors (Lipinski definition) is 1. The van der Waals surface area contributed by atoms with E-state index in [9.17, 15) is 18.8 Å². The first-order valence-corrected chi connectivity index (χ1v) is 10.8. The lowest BCUT2D eigenvalue weighted by Gasteiger charge is -2.31. The number of ether oxygens (including phenoxy) is 1. The van der Waals surface area contributed by atoms with E-state index >= 15 is 0 Å². The normalized spacial score (nSPS) is 18.6. The zero-order chi connectivity index (χ0) is 22.0. The lowest BCUT2D eigenvalue weighted by Crippen LogP contribution is -2.57. The monoisotopic (exact) mass is 486 g/mol. The third-order valence-electron chi connectivity index (χ3n) is 5.38. The van der Waals surface area contributed by atoms with E-state index in [0.717, 1.165) is 35.1 Å². The number of amides is 4. The number of imide groups is 2. The fourth-order valence-electron chi connectivity index (χ4n) is 3.87. The molecular weight excluding hydrogens is 467 g/mol. The predicted molar refractivity (Wildman–Crippen MR) is 115 cm³/mol. The van der Waals surface area contributed by atoms with Crippen LogP contribution in [0.3, 0.4) is 0 Å². The molecule has 2 aliphatic rings. The van der Waals surface area contributed by atoms with Crippen molar-refractivity contribution in [3.8, 4) is 5.75 Å². The zero-order valence-electron chi connectivity index (χ0n) is 16.6. The highest BCUT2D eigenvalue weighted by Gasteiger charge is 2.40. The van der Waals surface area contributed by atoms with Crippen molar-refractivity contribution in [1.29, 1.82) is 0 Å². The molecule has 1 aliphatic heterocycles. The Balaban J connectivity index is 1.63. The molecule has 0 spiro atoms. The molecule has 0 unspecified atom stereocenters. The van der Waals surface area contributed by atoms with Gasteiger partial charge in [-0.15, -0.1) is 0 Å². The lowest BCUT2D eigenvalue weighted by atomic mass is 10.0. The Morgan fingerprint density at radius 2 is 1.90 bits per heavy atom. The van der Waals surface area contributed by atoms with Crippen LogP contribution in [0.25, 0.3) is 6.08 Å². The highest BCUT2D eigenvalue weighted by Crippen LogP contribution is 2.30. The first-order chi connectivity index (χ1) is 14.9. The van der Waals surface area contributed by atoms with E-state index in [1.54, 1.807) is 30.3 Å². The van der Waals surface area contributed by atoms with Crippen LogP contribution in [0.5, 0.6) is 5.75 Å². The van der Waals surface area contributed by atoms with Crippen molar-refractivity contribution in [2.75, 3.05) is 0 Å². The summed E-state index contributed by atoms with van der Waals surface area (Å²) in [5.41, 5.74) is 1.01. The molecule has 6 nitrogen and oxygen atoms in total. The summed E-state index contributed by atoms with van der Waals surface area (Å²) in [6.45, 7) is 0.113. The highest BCUT2D eigenvalue weighted by molar-refractivity contribution is 9.10. The van der Waals surface area contributed by atoms with Crippen LogP contribution in [-0.4, -0.2) is 28.8 Å². The second kappa shape index (κ2) is 9.01. The van der Waals surface area contributed by atoms with Crippen molar-refractivity contribution < 1.29 is 23.5 Å². The van der Waals surface area contributed by atoms with Gasteiger partial charge in [0.15, 0.2) is 0 Å². The van der Waals surface area contributed by atoms with Crippen molar-refractivity contribution in [1.82, 2.24) is 10.2 Å². The SMILES string of the molecule is O=C1NC(=O)N(C2CCCC2)C(=O)/C1=C/c1cc(Br)ccc1OCc1cccc(F)c1. The standard InChI is InChI=1S/C23H20BrFN2O4/c24-16-8-9-20(31-13-14-4-3-5-17(25)10-14)15(11-16)12-19-21(28)26-23(30)27(22(19)29)18-6-1-2-7-18/h3-5,8-12,18H,1-2,6-7,13H2,(H,26,28,30)/b19-12+. The van der Waals surface area contributed by atoms with Crippen molar-refractivity contribution >= 4 is 39.9 Å². The van der Waals surface area contributed by atoms with Gasteiger partial charge in [0.05, 0.1) is 0 Å². The third-order valence-corrected chi connectivity index (χ3v) is 5.87. The van der Waals surface area contributed by atoms with Gasteiger partial charge < -0.3 is 4.74 Å². The van der Waals surface area contributed by atoms with Gasteiger partial charge in [-0.2, -0.15) is 0 Å². The van der Waals surface area contributed by atoms with E-state index in [-0.39, 0.29) is 24.0 Å². The first-order valence-electron chi connectivity index (χ1n) is 10.00. The second-order valence-corrected chi connectivity index (χ2v) is 8.45. The molecule has 31 heavy (non-hydrogen) atoms. The van der Waals surface area contributed by atoms with E-state index in [2.05, 4.69) is 21.2 Å². The molecule has 1 saturated heterocycles. The van der Waals surface area contributed by atoms with Crippen LogP contribution in [0.15, 0.2) is 52.5 Å². The van der Waals surface area contributed by atoms with E-state index in [0.29, 0.717) is 16.9 Å². The summed E-state index contributed by atoms with van der Waals surface area (Å²) >= 11 is 3.39. The molecule has 4 amide bonds. The van der Waals surface area contributed by atoms with Crippen LogP contribution in [0.4, 0.5) is 9.18 Å². The summed E-state index contributed by atoms with van der Waals surface area (Å²) in [7, 11) is 0. The Morgan fingerprint density at radius 1 is 1.13 bits per heavy atom. The van der Waals surface area contributed by atoms with Gasteiger partial charge in [0, 0.05) is 16.1 Å². The summed E-state index contributed by atoms with van der Waals surface area (Å²) in [5, 5.41) is 2.27. The van der Waals surface area contributed by atoms with Crippen molar-refractivity contribution in [3.63, 3.8) is 0 Å². The Kier molecular flexibility index (Phi) is 6.18. The lowest BCUT2D eigenvalue weighted by molar-refractivity contribution is -0.131. The van der Waals surface area contributed by atoms with Crippen LogP contribution in [-0.2, 0) is 16.2 Å². The van der Waals surface area contributed by atoms with Crippen molar-refractivity contribution in [2.24, 2.45) is 0 Å². The number of carbonyl (C=O) groups excluding carboxylic acids is 3. The Hall–Kier alpha value is -3.00. The molecule has 4 rings (SSSR count). The number of hydrogen-bond acceptors (Lipinski definition) is 4. The molecule has 0 radical (unpaired) electrons. The molecule has 1 N–H and O–H groups in total. The Labute approximate surface area is 187 Å². The number of urea groups is 1. The van der Waals surface area contributed by atoms with E-state index in [1.165, 1.54) is 18.2 Å². The number of carbonyl (C=O) groups is 3. The molecule has 0 bridgehead atoms. The minimum atomic E-state index is -0.736. The molecule has 160 valence electrons. The summed E-state index contributed by atoms with van der Waals surface area (Å²) in [5.74, 6) is -1.28. The van der Waals surface area contributed by atoms with Gasteiger partial charge in [-0.3, -0.25) is 19.8 Å². The average Bonchev–Trinajstić information content (AvgIpc) is 3.24. The fourth-order valence-corrected chi connectivity index (χ4v) is 4.25. The zero-order valence-corrected chi connectivity index (χ0v) is 18.2. The maximum absolute atomic E-state index is 13.4. The van der Waals surface area contributed by atoms with Gasteiger partial charge in [0.25, 0.3) is 11.8 Å². The number of benzene rings is 2. The van der Waals surface area contributed by atoms with Gasteiger partial charge in [-0.05, 0) is 54.8 Å². The Bertz CT molecular complexity index is 1080. The number of nitrogens with one attached hydrogen (secondary N) is 1. The second-order valence-electron chi connectivity index (χ2n) is 7.53. The van der Waals surface area contributed by atoms with Crippen molar-refractivity contribution in [2.45, 2.75) is 38.3 Å². The van der Waals surface area contributed by atoms with Gasteiger partial charge in [0.1, 0.15) is 23.7 Å². The molecule has 0 atom stereocenters. The largest absolute Gasteiger partial charge is 0.488 e. The first kappa shape index (κ1) is 21.2. The maximum Gasteiger partial charge on any atom is 0.331 e. The summed E-state index contributed by atoms with van der Waals surface area (Å²) in [6.07, 6.45) is 4.79. The molecule has 1 saturated carbocycles. The maximum atomic E-state index is 13.4. The summed E-state index contributed by atoms with van der Waals surface area (Å²) in [4.78, 5) is 38.9. The van der Waals surface area contributed by atoms with Crippen LogP contribution >= 0.6 is 15.9 Å². The minimum Gasteiger partial charge on any atom is -0.488 e. The van der Waals surface area contributed by atoms with Crippen LogP contribution in [0.2, 0.25) is 0 Å². The van der Waals surface area contributed by atoms with Crippen LogP contribution < -0.4 is 10.1 Å². The van der Waals surface area contributed by atoms with E-state index < -0.39 is 17.8 Å². The smallest absolute Gasteiger partial charge is 0.331 e. The fraction of sp³-hybridized carbons (Fsp3) is 0.261. The number of halogens is 2. The topological polar surface area (TPSA) is 75.7 Å². The molecule has 2 fully saturated rings. The molecule has 1 aliphatic carbocycles. The molecular formula is C23H20BrFN2O4. The van der Waals surface area contributed by atoms with Crippen molar-refractivity contribution in [3.05, 3.63) is 69.5 Å². The summed E-state index contributed by atoms with van der Waals surface area (Å²) in [6, 6.07) is 10.4. The number of nitrogens with zero attached hydrogens (tertiary/aromatic N) is 1. The molecule has 8 heteroatoms. The quantitative estimate of drug-likeness (QED) is 0.495. The minimum absolute atomic E-state index is 0.113.